The predicted octanol–water partition coefficient (Wildman–Crippen LogP) is 2.73. The first-order chi connectivity index (χ1) is 17.5. The zero-order chi connectivity index (χ0) is 25.3. The van der Waals surface area contributed by atoms with Crippen molar-refractivity contribution in [3.8, 4) is 0 Å². The van der Waals surface area contributed by atoms with Crippen LogP contribution in [-0.4, -0.2) is 71.6 Å². The number of fused-ring (bicyclic) bond motifs is 1. The number of nitrogens with one attached hydrogen (secondary N) is 1. The fourth-order valence-electron chi connectivity index (χ4n) is 4.32. The maximum Gasteiger partial charge on any atom is 0.410 e. The van der Waals surface area contributed by atoms with Gasteiger partial charge < -0.3 is 25.0 Å². The summed E-state index contributed by atoms with van der Waals surface area (Å²) in [5.41, 5.74) is 1.73. The molecule has 1 fully saturated rings. The Balaban J connectivity index is 1.28. The van der Waals surface area contributed by atoms with Crippen molar-refractivity contribution in [1.29, 1.82) is 0 Å². The normalized spacial score (nSPS) is 14.7. The second-order valence-electron chi connectivity index (χ2n) is 8.87. The lowest BCUT2D eigenvalue weighted by atomic mass is 10.0. The van der Waals surface area contributed by atoms with E-state index in [1.165, 1.54) is 0 Å². The molecule has 1 saturated heterocycles. The van der Waals surface area contributed by atoms with E-state index in [4.69, 9.17) is 4.74 Å². The number of hydrogen-bond acceptors (Lipinski definition) is 5. The Hall–Kier alpha value is -3.91. The average Bonchev–Trinajstić information content (AvgIpc) is 3.17. The maximum absolute atomic E-state index is 13.0. The molecular formula is C28H31N3O5. The Morgan fingerprint density at radius 2 is 1.53 bits per heavy atom. The zero-order valence-electron chi connectivity index (χ0n) is 20.1. The van der Waals surface area contributed by atoms with Crippen LogP contribution in [0.25, 0.3) is 10.8 Å². The third-order valence-electron chi connectivity index (χ3n) is 6.27. The van der Waals surface area contributed by atoms with Crippen molar-refractivity contribution in [2.75, 3.05) is 32.8 Å². The molecule has 3 amide bonds. The summed E-state index contributed by atoms with van der Waals surface area (Å²) in [4.78, 5) is 41.4. The van der Waals surface area contributed by atoms with Gasteiger partial charge in [0.25, 0.3) is 0 Å². The molecule has 0 spiro atoms. The minimum atomic E-state index is -1.03. The van der Waals surface area contributed by atoms with Gasteiger partial charge in [-0.25, -0.2) is 4.79 Å². The Labute approximate surface area is 210 Å². The van der Waals surface area contributed by atoms with Crippen molar-refractivity contribution in [3.63, 3.8) is 0 Å². The lowest BCUT2D eigenvalue weighted by Crippen LogP contribution is -2.51. The second kappa shape index (κ2) is 12.2. The standard InChI is InChI=1S/C28H31N3O5/c32-19-25(29-26(33)18-22-11-12-23-9-4-5-10-24(23)17-22)27(34)30-13-6-14-31(16-15-30)28(35)36-20-21-7-2-1-3-8-21/h1-5,7-12,17,25,32H,6,13-16,18-20H2,(H,29,33). The first-order valence-corrected chi connectivity index (χ1v) is 12.2. The van der Waals surface area contributed by atoms with Crippen LogP contribution in [0.1, 0.15) is 17.5 Å². The van der Waals surface area contributed by atoms with E-state index >= 15 is 0 Å². The first kappa shape index (κ1) is 25.2. The number of carbonyl (C=O) groups is 3. The molecule has 3 aromatic carbocycles. The fraction of sp³-hybridized carbons (Fsp3) is 0.321. The van der Waals surface area contributed by atoms with Crippen LogP contribution < -0.4 is 5.32 Å². The van der Waals surface area contributed by atoms with Gasteiger partial charge in [0.2, 0.25) is 11.8 Å². The van der Waals surface area contributed by atoms with Crippen LogP contribution in [-0.2, 0) is 27.4 Å². The largest absolute Gasteiger partial charge is 0.445 e. The van der Waals surface area contributed by atoms with Gasteiger partial charge in [-0.3, -0.25) is 9.59 Å². The van der Waals surface area contributed by atoms with Gasteiger partial charge in [-0.2, -0.15) is 0 Å². The molecule has 1 aliphatic heterocycles. The molecule has 2 N–H and O–H groups in total. The summed E-state index contributed by atoms with van der Waals surface area (Å²) < 4.78 is 5.41. The number of aliphatic hydroxyl groups excluding tert-OH is 1. The molecule has 188 valence electrons. The lowest BCUT2D eigenvalue weighted by Gasteiger charge is -2.26. The van der Waals surface area contributed by atoms with Crippen LogP contribution in [0.3, 0.4) is 0 Å². The van der Waals surface area contributed by atoms with Gasteiger partial charge in [0.15, 0.2) is 0 Å². The van der Waals surface area contributed by atoms with E-state index in [0.717, 1.165) is 21.9 Å². The summed E-state index contributed by atoms with van der Waals surface area (Å²) in [6.45, 7) is 1.21. The van der Waals surface area contributed by atoms with E-state index in [0.29, 0.717) is 32.6 Å². The quantitative estimate of drug-likeness (QED) is 0.532. The van der Waals surface area contributed by atoms with E-state index in [1.54, 1.807) is 9.80 Å². The molecule has 8 heteroatoms. The third-order valence-corrected chi connectivity index (χ3v) is 6.27. The van der Waals surface area contributed by atoms with Crippen LogP contribution in [0.5, 0.6) is 0 Å². The third kappa shape index (κ3) is 6.60. The van der Waals surface area contributed by atoms with Gasteiger partial charge in [-0.1, -0.05) is 72.8 Å². The molecule has 0 aliphatic carbocycles. The van der Waals surface area contributed by atoms with Gasteiger partial charge >= 0.3 is 6.09 Å². The van der Waals surface area contributed by atoms with Crippen molar-refractivity contribution < 1.29 is 24.2 Å². The Morgan fingerprint density at radius 1 is 0.833 bits per heavy atom. The smallest absolute Gasteiger partial charge is 0.410 e. The number of ether oxygens (including phenoxy) is 1. The Bertz CT molecular complexity index is 1200. The fourth-order valence-corrected chi connectivity index (χ4v) is 4.32. The lowest BCUT2D eigenvalue weighted by molar-refractivity contribution is -0.137. The Morgan fingerprint density at radius 3 is 2.31 bits per heavy atom. The minimum Gasteiger partial charge on any atom is -0.445 e. The van der Waals surface area contributed by atoms with Crippen LogP contribution in [0.4, 0.5) is 4.79 Å². The monoisotopic (exact) mass is 489 g/mol. The molecule has 1 atom stereocenters. The molecule has 0 aromatic heterocycles. The topological polar surface area (TPSA) is 99.2 Å². The summed E-state index contributed by atoms with van der Waals surface area (Å²) in [5.74, 6) is -0.692. The van der Waals surface area contributed by atoms with Gasteiger partial charge in [0.05, 0.1) is 13.0 Å². The minimum absolute atomic E-state index is 0.107. The average molecular weight is 490 g/mol. The molecule has 1 aliphatic rings. The Kier molecular flexibility index (Phi) is 8.52. The number of rotatable bonds is 7. The van der Waals surface area contributed by atoms with Crippen molar-refractivity contribution in [2.45, 2.75) is 25.5 Å². The highest BCUT2D eigenvalue weighted by molar-refractivity contribution is 5.89. The SMILES string of the molecule is O=C(Cc1ccc2ccccc2c1)NC(CO)C(=O)N1CCCN(C(=O)OCc2ccccc2)CC1. The molecule has 1 unspecified atom stereocenters. The van der Waals surface area contributed by atoms with Crippen molar-refractivity contribution in [2.24, 2.45) is 0 Å². The van der Waals surface area contributed by atoms with Crippen LogP contribution >= 0.6 is 0 Å². The summed E-state index contributed by atoms with van der Waals surface area (Å²) in [6, 6.07) is 22.1. The van der Waals surface area contributed by atoms with E-state index in [2.05, 4.69) is 5.32 Å². The predicted molar refractivity (Wildman–Crippen MR) is 136 cm³/mol. The van der Waals surface area contributed by atoms with E-state index in [-0.39, 0.29) is 24.8 Å². The number of amides is 3. The summed E-state index contributed by atoms with van der Waals surface area (Å²) in [5, 5.41) is 14.6. The molecule has 3 aromatic rings. The summed E-state index contributed by atoms with van der Waals surface area (Å²) in [6.07, 6.45) is 0.265. The van der Waals surface area contributed by atoms with Crippen molar-refractivity contribution in [1.82, 2.24) is 15.1 Å². The van der Waals surface area contributed by atoms with Gasteiger partial charge in [0.1, 0.15) is 12.6 Å². The zero-order valence-corrected chi connectivity index (χ0v) is 20.1. The highest BCUT2D eigenvalue weighted by Crippen LogP contribution is 2.16. The first-order valence-electron chi connectivity index (χ1n) is 12.2. The van der Waals surface area contributed by atoms with Gasteiger partial charge in [-0.05, 0) is 28.3 Å². The number of nitrogens with zero attached hydrogens (tertiary/aromatic N) is 2. The van der Waals surface area contributed by atoms with E-state index < -0.39 is 18.7 Å². The number of aliphatic hydroxyl groups is 1. The number of benzene rings is 3. The molecule has 0 saturated carbocycles. The van der Waals surface area contributed by atoms with Crippen LogP contribution in [0.15, 0.2) is 72.8 Å². The molecule has 1 heterocycles. The molecule has 0 radical (unpaired) electrons. The van der Waals surface area contributed by atoms with E-state index in [1.807, 2.05) is 72.8 Å². The van der Waals surface area contributed by atoms with Crippen LogP contribution in [0, 0.1) is 0 Å². The van der Waals surface area contributed by atoms with Crippen molar-refractivity contribution >= 4 is 28.7 Å². The molecule has 4 rings (SSSR count). The molecule has 0 bridgehead atoms. The molecule has 36 heavy (non-hydrogen) atoms. The summed E-state index contributed by atoms with van der Waals surface area (Å²) >= 11 is 0. The molecule has 8 nitrogen and oxygen atoms in total. The second-order valence-corrected chi connectivity index (χ2v) is 8.87. The number of carbonyl (C=O) groups excluding carboxylic acids is 3. The maximum atomic E-state index is 13.0. The van der Waals surface area contributed by atoms with Crippen molar-refractivity contribution in [3.05, 3.63) is 83.9 Å². The highest BCUT2D eigenvalue weighted by atomic mass is 16.6. The van der Waals surface area contributed by atoms with E-state index in [9.17, 15) is 19.5 Å². The van der Waals surface area contributed by atoms with Crippen LogP contribution in [0.2, 0.25) is 0 Å². The number of hydrogen-bond donors (Lipinski definition) is 2. The summed E-state index contributed by atoms with van der Waals surface area (Å²) in [7, 11) is 0. The molecular weight excluding hydrogens is 458 g/mol. The van der Waals surface area contributed by atoms with Gasteiger partial charge in [-0.15, -0.1) is 0 Å². The highest BCUT2D eigenvalue weighted by Gasteiger charge is 2.28. The van der Waals surface area contributed by atoms with Gasteiger partial charge in [0, 0.05) is 26.2 Å².